The van der Waals surface area contributed by atoms with Crippen LogP contribution in [0.1, 0.15) is 37.4 Å². The number of urea groups is 1. The maximum absolute atomic E-state index is 12.1. The first kappa shape index (κ1) is 21.1. The van der Waals surface area contributed by atoms with E-state index in [0.29, 0.717) is 11.4 Å². The highest BCUT2D eigenvalue weighted by molar-refractivity contribution is 7.17. The summed E-state index contributed by atoms with van der Waals surface area (Å²) < 4.78 is 5.72. The number of aromatic nitrogens is 2. The Labute approximate surface area is 186 Å². The van der Waals surface area contributed by atoms with Gasteiger partial charge in [0.15, 0.2) is 0 Å². The first-order valence-corrected chi connectivity index (χ1v) is 11.1. The number of carbonyl (C=O) groups is 1. The number of carbonyl (C=O) groups excluding carboxylic acids is 1. The summed E-state index contributed by atoms with van der Waals surface area (Å²) in [7, 11) is 3.50. The number of benzene rings is 2. The molecule has 162 valence electrons. The van der Waals surface area contributed by atoms with Crippen LogP contribution in [0.2, 0.25) is 0 Å². The third-order valence-corrected chi connectivity index (χ3v) is 6.25. The summed E-state index contributed by atoms with van der Waals surface area (Å²) >= 11 is 1.54. The zero-order chi connectivity index (χ0) is 22.1. The van der Waals surface area contributed by atoms with Gasteiger partial charge in [-0.3, -0.25) is 0 Å². The summed E-state index contributed by atoms with van der Waals surface area (Å²) in [6.45, 7) is 3.94. The van der Waals surface area contributed by atoms with Crippen molar-refractivity contribution in [2.45, 2.75) is 38.8 Å². The van der Waals surface area contributed by atoms with E-state index >= 15 is 0 Å². The minimum absolute atomic E-state index is 0.0190. The summed E-state index contributed by atoms with van der Waals surface area (Å²) in [5, 5.41) is 13.6. The van der Waals surface area contributed by atoms with Crippen molar-refractivity contribution in [1.29, 1.82) is 0 Å². The number of nitrogens with one attached hydrogen (secondary N) is 1. The SMILES string of the molecule is CC(C)Oc1ccc(-c2nnc(-c3cccc4c3CC[C@H]4NC(=O)N(C)C)s2)cc1N. The molecule has 7 nitrogen and oxygen atoms in total. The number of anilines is 1. The van der Waals surface area contributed by atoms with E-state index < -0.39 is 0 Å². The number of hydrogen-bond acceptors (Lipinski definition) is 6. The molecular formula is C23H27N5O2S. The van der Waals surface area contributed by atoms with Crippen LogP contribution in [0.25, 0.3) is 21.1 Å². The lowest BCUT2D eigenvalue weighted by molar-refractivity contribution is 0.213. The normalized spacial score (nSPS) is 15.1. The maximum atomic E-state index is 12.1. The van der Waals surface area contributed by atoms with Crippen molar-refractivity contribution in [3.05, 3.63) is 47.5 Å². The average Bonchev–Trinajstić information content (AvgIpc) is 3.37. The largest absolute Gasteiger partial charge is 0.489 e. The Balaban J connectivity index is 1.60. The zero-order valence-corrected chi connectivity index (χ0v) is 19.0. The molecule has 1 heterocycles. The van der Waals surface area contributed by atoms with Gasteiger partial charge in [0, 0.05) is 25.2 Å². The molecule has 0 radical (unpaired) electrons. The summed E-state index contributed by atoms with van der Waals surface area (Å²) in [4.78, 5) is 13.7. The van der Waals surface area contributed by atoms with Gasteiger partial charge >= 0.3 is 6.03 Å². The lowest BCUT2D eigenvalue weighted by Gasteiger charge is -2.18. The highest BCUT2D eigenvalue weighted by atomic mass is 32.1. The molecular weight excluding hydrogens is 410 g/mol. The summed E-state index contributed by atoms with van der Waals surface area (Å²) in [5.74, 6) is 0.676. The van der Waals surface area contributed by atoms with E-state index in [9.17, 15) is 4.79 Å². The molecule has 0 spiro atoms. The van der Waals surface area contributed by atoms with Crippen LogP contribution in [0.15, 0.2) is 36.4 Å². The molecule has 8 heteroatoms. The molecule has 0 saturated heterocycles. The number of nitrogen functional groups attached to an aromatic ring is 1. The van der Waals surface area contributed by atoms with E-state index in [1.54, 1.807) is 19.0 Å². The van der Waals surface area contributed by atoms with E-state index in [-0.39, 0.29) is 18.2 Å². The van der Waals surface area contributed by atoms with Crippen LogP contribution in [-0.4, -0.2) is 41.3 Å². The monoisotopic (exact) mass is 437 g/mol. The van der Waals surface area contributed by atoms with Gasteiger partial charge in [0.25, 0.3) is 0 Å². The zero-order valence-electron chi connectivity index (χ0n) is 18.2. The van der Waals surface area contributed by atoms with E-state index in [2.05, 4.69) is 27.6 Å². The van der Waals surface area contributed by atoms with E-state index in [1.807, 2.05) is 38.1 Å². The number of fused-ring (bicyclic) bond motifs is 1. The molecule has 2 aromatic carbocycles. The number of ether oxygens (including phenoxy) is 1. The molecule has 4 rings (SSSR count). The van der Waals surface area contributed by atoms with Crippen LogP contribution in [-0.2, 0) is 6.42 Å². The molecule has 1 aromatic heterocycles. The second-order valence-corrected chi connectivity index (χ2v) is 9.12. The molecule has 3 aromatic rings. The van der Waals surface area contributed by atoms with Gasteiger partial charge < -0.3 is 20.7 Å². The van der Waals surface area contributed by atoms with E-state index in [1.165, 1.54) is 16.9 Å². The minimum atomic E-state index is -0.0797. The van der Waals surface area contributed by atoms with Crippen molar-refractivity contribution < 1.29 is 9.53 Å². The third kappa shape index (κ3) is 4.34. The molecule has 1 aliphatic carbocycles. The van der Waals surface area contributed by atoms with Crippen LogP contribution in [0, 0.1) is 0 Å². The van der Waals surface area contributed by atoms with E-state index in [4.69, 9.17) is 10.5 Å². The van der Waals surface area contributed by atoms with Gasteiger partial charge in [-0.15, -0.1) is 10.2 Å². The van der Waals surface area contributed by atoms with Crippen LogP contribution >= 0.6 is 11.3 Å². The van der Waals surface area contributed by atoms with Crippen LogP contribution in [0.3, 0.4) is 0 Å². The lowest BCUT2D eigenvalue weighted by atomic mass is 10.0. The fourth-order valence-electron chi connectivity index (χ4n) is 3.77. The molecule has 0 bridgehead atoms. The molecule has 0 fully saturated rings. The quantitative estimate of drug-likeness (QED) is 0.573. The Morgan fingerprint density at radius 2 is 2.00 bits per heavy atom. The lowest BCUT2D eigenvalue weighted by Crippen LogP contribution is -2.36. The van der Waals surface area contributed by atoms with Gasteiger partial charge in [-0.2, -0.15) is 0 Å². The Kier molecular flexibility index (Phi) is 5.82. The summed E-state index contributed by atoms with van der Waals surface area (Å²) in [5.41, 5.74) is 11.1. The molecule has 3 N–H and O–H groups in total. The minimum Gasteiger partial charge on any atom is -0.489 e. The fourth-order valence-corrected chi connectivity index (χ4v) is 4.67. The van der Waals surface area contributed by atoms with Crippen LogP contribution in [0.5, 0.6) is 5.75 Å². The Bertz CT molecular complexity index is 1110. The number of nitrogens with two attached hydrogens (primary N) is 1. The highest BCUT2D eigenvalue weighted by Crippen LogP contribution is 2.40. The van der Waals surface area contributed by atoms with Crippen molar-refractivity contribution in [2.24, 2.45) is 0 Å². The highest BCUT2D eigenvalue weighted by Gasteiger charge is 2.27. The Hall–Kier alpha value is -3.13. The second kappa shape index (κ2) is 8.55. The fraction of sp³-hybridized carbons (Fsp3) is 0.348. The predicted octanol–water partition coefficient (Wildman–Crippen LogP) is 4.50. The number of nitrogens with zero attached hydrogens (tertiary/aromatic N) is 3. The number of rotatable bonds is 5. The van der Waals surface area contributed by atoms with Crippen LogP contribution in [0.4, 0.5) is 10.5 Å². The maximum Gasteiger partial charge on any atom is 0.317 e. The van der Waals surface area contributed by atoms with Crippen molar-refractivity contribution in [3.8, 4) is 26.9 Å². The first-order valence-electron chi connectivity index (χ1n) is 10.3. The van der Waals surface area contributed by atoms with Gasteiger partial charge in [-0.25, -0.2) is 4.79 Å². The van der Waals surface area contributed by atoms with Gasteiger partial charge in [0.1, 0.15) is 15.8 Å². The molecule has 2 amide bonds. The predicted molar refractivity (Wildman–Crippen MR) is 124 cm³/mol. The molecule has 31 heavy (non-hydrogen) atoms. The van der Waals surface area contributed by atoms with Crippen molar-refractivity contribution in [3.63, 3.8) is 0 Å². The summed E-state index contributed by atoms with van der Waals surface area (Å²) in [6.07, 6.45) is 1.84. The molecule has 0 aliphatic heterocycles. The first-order chi connectivity index (χ1) is 14.8. The third-order valence-electron chi connectivity index (χ3n) is 5.25. The number of hydrogen-bond donors (Lipinski definition) is 2. The van der Waals surface area contributed by atoms with E-state index in [0.717, 1.165) is 39.5 Å². The topological polar surface area (TPSA) is 93.4 Å². The average molecular weight is 438 g/mol. The van der Waals surface area contributed by atoms with Crippen molar-refractivity contribution in [1.82, 2.24) is 20.4 Å². The second-order valence-electron chi connectivity index (χ2n) is 8.14. The molecule has 0 unspecified atom stereocenters. The van der Waals surface area contributed by atoms with Gasteiger partial charge in [0.2, 0.25) is 0 Å². The smallest absolute Gasteiger partial charge is 0.317 e. The Morgan fingerprint density at radius 3 is 2.71 bits per heavy atom. The molecule has 0 saturated carbocycles. The van der Waals surface area contributed by atoms with Gasteiger partial charge in [0.05, 0.1) is 17.8 Å². The molecule has 1 aliphatic rings. The van der Waals surface area contributed by atoms with Gasteiger partial charge in [-0.05, 0) is 56.0 Å². The van der Waals surface area contributed by atoms with Crippen LogP contribution < -0.4 is 15.8 Å². The standard InChI is InChI=1S/C23H27N5O2S/c1-13(2)30-20-11-8-14(12-18(20)24)21-26-27-22(31-21)17-7-5-6-16-15(17)9-10-19(16)25-23(29)28(3)4/h5-8,11-13,19H,9-10,24H2,1-4H3,(H,25,29)/t19-/m1/s1. The molecule has 1 atom stereocenters. The number of amides is 2. The summed E-state index contributed by atoms with van der Waals surface area (Å²) in [6, 6.07) is 11.8. The van der Waals surface area contributed by atoms with Gasteiger partial charge in [-0.1, -0.05) is 29.5 Å². The van der Waals surface area contributed by atoms with Crippen molar-refractivity contribution >= 4 is 23.1 Å². The Morgan fingerprint density at radius 1 is 1.23 bits per heavy atom. The van der Waals surface area contributed by atoms with Crippen molar-refractivity contribution in [2.75, 3.05) is 19.8 Å².